The van der Waals surface area contributed by atoms with Gasteiger partial charge >= 0.3 is 10.2 Å². The van der Waals surface area contributed by atoms with E-state index < -0.39 is 21.5 Å². The normalized spacial score (nSPS) is 14.0. The Bertz CT molecular complexity index is 1470. The predicted molar refractivity (Wildman–Crippen MR) is 143 cm³/mol. The highest BCUT2D eigenvalue weighted by Gasteiger charge is 2.53. The quantitative estimate of drug-likeness (QED) is 0.349. The van der Waals surface area contributed by atoms with Gasteiger partial charge in [-0.1, -0.05) is 12.1 Å². The van der Waals surface area contributed by atoms with E-state index in [0.29, 0.717) is 43.0 Å². The second kappa shape index (κ2) is 11.6. The molecule has 2 heterocycles. The predicted octanol–water partition coefficient (Wildman–Crippen LogP) is 2.85. The van der Waals surface area contributed by atoms with E-state index in [4.69, 9.17) is 9.15 Å². The van der Waals surface area contributed by atoms with Crippen molar-refractivity contribution < 1.29 is 27.2 Å². The third-order valence-electron chi connectivity index (χ3n) is 6.54. The molecule has 0 aliphatic heterocycles. The lowest BCUT2D eigenvalue weighted by atomic mass is 9.94. The molecule has 1 aliphatic rings. The van der Waals surface area contributed by atoms with E-state index in [9.17, 15) is 23.3 Å². The second-order valence-corrected chi connectivity index (χ2v) is 12.3. The fraction of sp³-hybridized carbons (Fsp3) is 0.385. The van der Waals surface area contributed by atoms with Crippen molar-refractivity contribution in [2.45, 2.75) is 37.6 Å². The molecular weight excluding hydrogens is 542 g/mol. The minimum absolute atomic E-state index is 0.0317. The molecule has 11 nitrogen and oxygen atoms in total. The summed E-state index contributed by atoms with van der Waals surface area (Å²) in [6.45, 7) is 0.470. The van der Waals surface area contributed by atoms with Crippen LogP contribution in [-0.4, -0.2) is 62.2 Å². The van der Waals surface area contributed by atoms with Gasteiger partial charge in [0.2, 0.25) is 5.91 Å². The van der Waals surface area contributed by atoms with E-state index in [1.165, 1.54) is 14.1 Å². The molecule has 1 fully saturated rings. The number of carbonyl (C=O) groups excluding carboxylic acids is 2. The molecule has 3 aromatic rings. The van der Waals surface area contributed by atoms with Crippen LogP contribution in [0.1, 0.15) is 51.0 Å². The molecule has 2 aromatic heterocycles. The number of aryl methyl sites for hydroxylation is 1. The summed E-state index contributed by atoms with van der Waals surface area (Å²) in [5.74, 6) is 0.435. The van der Waals surface area contributed by atoms with Gasteiger partial charge in [0.15, 0.2) is 5.69 Å². The molecule has 0 bridgehead atoms. The summed E-state index contributed by atoms with van der Waals surface area (Å²) in [5.41, 5.74) is -0.0518. The zero-order chi connectivity index (χ0) is 28.2. The van der Waals surface area contributed by atoms with Gasteiger partial charge in [0.1, 0.15) is 27.5 Å². The van der Waals surface area contributed by atoms with Gasteiger partial charge in [-0.2, -0.15) is 18.0 Å². The van der Waals surface area contributed by atoms with Crippen LogP contribution in [0.5, 0.6) is 5.75 Å². The lowest BCUT2D eigenvalue weighted by molar-refractivity contribution is -0.134. The average Bonchev–Trinajstić information content (AvgIpc) is 3.35. The van der Waals surface area contributed by atoms with Gasteiger partial charge in [-0.05, 0) is 49.1 Å². The van der Waals surface area contributed by atoms with Gasteiger partial charge in [-0.3, -0.25) is 9.59 Å². The standard InChI is InChI=1S/C26H29N5O6S2/c1-30(2)39(34,35)29-24(32)23-21(16-27)38-22(28-23)17-31(14-4-6-20-7-5-15-37-20)25(33)26(12-13-26)18-8-10-19(36-3)11-9-18/h5,7-11,15H,4,6,12-14,17H2,1-3H3,(H,29,32). The number of aromatic nitrogens is 1. The van der Waals surface area contributed by atoms with Crippen molar-refractivity contribution in [2.75, 3.05) is 27.7 Å². The van der Waals surface area contributed by atoms with Crippen molar-refractivity contribution in [2.24, 2.45) is 0 Å². The Balaban J connectivity index is 1.58. The number of benzene rings is 1. The van der Waals surface area contributed by atoms with E-state index in [1.54, 1.807) is 18.3 Å². The molecule has 1 aromatic carbocycles. The maximum Gasteiger partial charge on any atom is 0.303 e. The first kappa shape index (κ1) is 28.3. The molecule has 2 amide bonds. The Kier molecular flexibility index (Phi) is 8.39. The molecule has 0 atom stereocenters. The van der Waals surface area contributed by atoms with E-state index in [-0.39, 0.29) is 23.0 Å². The number of nitriles is 1. The van der Waals surface area contributed by atoms with Crippen molar-refractivity contribution in [1.29, 1.82) is 5.26 Å². The number of carbonyl (C=O) groups is 2. The summed E-state index contributed by atoms with van der Waals surface area (Å²) in [6.07, 6.45) is 4.25. The van der Waals surface area contributed by atoms with Crippen LogP contribution in [0.25, 0.3) is 0 Å². The van der Waals surface area contributed by atoms with Gasteiger partial charge < -0.3 is 14.1 Å². The smallest absolute Gasteiger partial charge is 0.303 e. The van der Waals surface area contributed by atoms with Gasteiger partial charge in [0.25, 0.3) is 5.91 Å². The van der Waals surface area contributed by atoms with Crippen LogP contribution < -0.4 is 9.46 Å². The Labute approximate surface area is 231 Å². The molecule has 13 heteroatoms. The largest absolute Gasteiger partial charge is 0.497 e. The van der Waals surface area contributed by atoms with Crippen molar-refractivity contribution >= 4 is 33.4 Å². The average molecular weight is 572 g/mol. The van der Waals surface area contributed by atoms with E-state index in [0.717, 1.165) is 27.0 Å². The van der Waals surface area contributed by atoms with Crippen LogP contribution in [-0.2, 0) is 33.4 Å². The molecular formula is C26H29N5O6S2. The maximum absolute atomic E-state index is 14.0. The molecule has 1 saturated carbocycles. The van der Waals surface area contributed by atoms with Crippen LogP contribution in [0.4, 0.5) is 0 Å². The summed E-state index contributed by atoms with van der Waals surface area (Å²) >= 11 is 0.961. The maximum atomic E-state index is 14.0. The van der Waals surface area contributed by atoms with Gasteiger partial charge in [0.05, 0.1) is 25.3 Å². The monoisotopic (exact) mass is 571 g/mol. The van der Waals surface area contributed by atoms with Crippen molar-refractivity contribution in [3.05, 3.63) is 69.6 Å². The topological polar surface area (TPSA) is 146 Å². The summed E-state index contributed by atoms with van der Waals surface area (Å²) in [4.78, 5) is 32.6. The van der Waals surface area contributed by atoms with Crippen LogP contribution in [0.2, 0.25) is 0 Å². The van der Waals surface area contributed by atoms with Crippen molar-refractivity contribution in [3.8, 4) is 11.8 Å². The lowest BCUT2D eigenvalue weighted by Crippen LogP contribution is -2.40. The Morgan fingerprint density at radius 1 is 1.23 bits per heavy atom. The number of nitrogens with one attached hydrogen (secondary N) is 1. The third kappa shape index (κ3) is 6.30. The molecule has 39 heavy (non-hydrogen) atoms. The van der Waals surface area contributed by atoms with Crippen LogP contribution in [0.3, 0.4) is 0 Å². The number of furan rings is 1. The molecule has 0 spiro atoms. The minimum Gasteiger partial charge on any atom is -0.497 e. The zero-order valence-corrected chi connectivity index (χ0v) is 23.5. The van der Waals surface area contributed by atoms with E-state index in [1.807, 2.05) is 47.2 Å². The van der Waals surface area contributed by atoms with E-state index in [2.05, 4.69) is 4.98 Å². The number of nitrogens with zero attached hydrogens (tertiary/aromatic N) is 4. The van der Waals surface area contributed by atoms with Crippen LogP contribution in [0.15, 0.2) is 47.1 Å². The number of ether oxygens (including phenoxy) is 1. The molecule has 1 N–H and O–H groups in total. The third-order valence-corrected chi connectivity index (χ3v) is 8.89. The SMILES string of the molecule is COc1ccc(C2(C(=O)N(CCCc3ccco3)Cc3nc(C(=O)NS(=O)(=O)N(C)C)c(C#N)s3)CC2)cc1. The molecule has 206 valence electrons. The fourth-order valence-corrected chi connectivity index (χ4v) is 5.58. The fourth-order valence-electron chi connectivity index (χ4n) is 4.20. The number of hydrogen-bond acceptors (Lipinski definition) is 9. The molecule has 0 saturated heterocycles. The van der Waals surface area contributed by atoms with Crippen LogP contribution >= 0.6 is 11.3 Å². The minimum atomic E-state index is -4.07. The molecule has 0 radical (unpaired) electrons. The number of hydrogen-bond donors (Lipinski definition) is 1. The summed E-state index contributed by atoms with van der Waals surface area (Å²) in [6, 6.07) is 13.1. The van der Waals surface area contributed by atoms with Crippen molar-refractivity contribution in [1.82, 2.24) is 18.9 Å². The van der Waals surface area contributed by atoms with Gasteiger partial charge in [-0.25, -0.2) is 9.71 Å². The summed E-state index contributed by atoms with van der Waals surface area (Å²) < 4.78 is 37.7. The molecule has 1 aliphatic carbocycles. The van der Waals surface area contributed by atoms with Gasteiger partial charge in [0, 0.05) is 27.1 Å². The number of rotatable bonds is 12. The first-order valence-corrected chi connectivity index (χ1v) is 14.5. The second-order valence-electron chi connectivity index (χ2n) is 9.34. The van der Waals surface area contributed by atoms with E-state index >= 15 is 0 Å². The Morgan fingerprint density at radius 3 is 2.51 bits per heavy atom. The highest BCUT2D eigenvalue weighted by molar-refractivity contribution is 7.87. The lowest BCUT2D eigenvalue weighted by Gasteiger charge is -2.27. The van der Waals surface area contributed by atoms with Gasteiger partial charge in [-0.15, -0.1) is 11.3 Å². The number of methoxy groups -OCH3 is 1. The Morgan fingerprint density at radius 2 is 1.95 bits per heavy atom. The number of amides is 2. The zero-order valence-electron chi connectivity index (χ0n) is 21.8. The number of thiazole rings is 1. The highest BCUT2D eigenvalue weighted by atomic mass is 32.2. The highest BCUT2D eigenvalue weighted by Crippen LogP contribution is 2.50. The molecule has 4 rings (SSSR count). The van der Waals surface area contributed by atoms with Crippen molar-refractivity contribution in [3.63, 3.8) is 0 Å². The van der Waals surface area contributed by atoms with Crippen LogP contribution in [0, 0.1) is 11.3 Å². The summed E-state index contributed by atoms with van der Waals surface area (Å²) in [5, 5.41) is 9.95. The first-order chi connectivity index (χ1) is 18.6. The summed E-state index contributed by atoms with van der Waals surface area (Å²) in [7, 11) is 0.0613. The Hall–Kier alpha value is -3.73. The first-order valence-electron chi connectivity index (χ1n) is 12.2. The molecule has 0 unspecified atom stereocenters.